The van der Waals surface area contributed by atoms with Crippen LogP contribution in [-0.4, -0.2) is 16.8 Å². The van der Waals surface area contributed by atoms with Crippen molar-refractivity contribution >= 4 is 27.7 Å². The zero-order valence-electron chi connectivity index (χ0n) is 12.9. The highest BCUT2D eigenvalue weighted by Gasteiger charge is 2.13. The van der Waals surface area contributed by atoms with Gasteiger partial charge in [0.25, 0.3) is 5.91 Å². The van der Waals surface area contributed by atoms with Crippen molar-refractivity contribution in [3.63, 3.8) is 0 Å². The Bertz CT molecular complexity index is 874. The Labute approximate surface area is 151 Å². The summed E-state index contributed by atoms with van der Waals surface area (Å²) < 4.78 is 11.9. The van der Waals surface area contributed by atoms with E-state index in [1.165, 1.54) is 6.07 Å². The quantitative estimate of drug-likeness (QED) is 0.570. The number of benzene rings is 1. The Kier molecular flexibility index (Phi) is 5.20. The van der Waals surface area contributed by atoms with Gasteiger partial charge in [-0.05, 0) is 42.5 Å². The third-order valence-corrected chi connectivity index (χ3v) is 3.69. The second-order valence-electron chi connectivity index (χ2n) is 5.00. The van der Waals surface area contributed by atoms with E-state index in [2.05, 4.69) is 31.8 Å². The molecule has 3 aromatic rings. The molecule has 2 aromatic heterocycles. The minimum absolute atomic E-state index is 0.0691. The normalized spacial score (nSPS) is 10.3. The number of hydrogen-bond acceptors (Lipinski definition) is 4. The first-order chi connectivity index (χ1) is 12.1. The minimum Gasteiger partial charge on any atom is -0.486 e. The number of amides is 2. The molecule has 2 amide bonds. The number of halogens is 1. The van der Waals surface area contributed by atoms with Gasteiger partial charge in [-0.1, -0.05) is 22.0 Å². The lowest BCUT2D eigenvalue weighted by Gasteiger charge is -2.05. The molecule has 0 unspecified atom stereocenters. The van der Waals surface area contributed by atoms with Gasteiger partial charge in [0.2, 0.25) is 0 Å². The molecule has 25 heavy (non-hydrogen) atoms. The van der Waals surface area contributed by atoms with E-state index in [0.717, 1.165) is 4.47 Å². The Morgan fingerprint density at radius 1 is 1.08 bits per heavy atom. The molecule has 0 saturated carbocycles. The first-order valence-electron chi connectivity index (χ1n) is 7.33. The predicted molar refractivity (Wildman–Crippen MR) is 92.9 cm³/mol. The van der Waals surface area contributed by atoms with Gasteiger partial charge in [-0.2, -0.15) is 0 Å². The van der Waals surface area contributed by atoms with Crippen LogP contribution in [0.3, 0.4) is 0 Å². The number of hydrazine groups is 1. The summed E-state index contributed by atoms with van der Waals surface area (Å²) in [5, 5.41) is 0. The molecule has 0 spiro atoms. The molecule has 0 atom stereocenters. The molecular weight excluding hydrogens is 390 g/mol. The molecule has 0 aliphatic carbocycles. The molecule has 0 fully saturated rings. The van der Waals surface area contributed by atoms with Crippen LogP contribution < -0.4 is 15.6 Å². The first kappa shape index (κ1) is 16.8. The summed E-state index contributed by atoms with van der Waals surface area (Å²) in [7, 11) is 0. The van der Waals surface area contributed by atoms with E-state index >= 15 is 0 Å². The molecule has 0 radical (unpaired) electrons. The summed E-state index contributed by atoms with van der Waals surface area (Å²) >= 11 is 3.36. The largest absolute Gasteiger partial charge is 0.486 e. The van der Waals surface area contributed by atoms with E-state index < -0.39 is 11.8 Å². The smallest absolute Gasteiger partial charge is 0.305 e. The van der Waals surface area contributed by atoms with Gasteiger partial charge in [0.05, 0.1) is 0 Å². The second kappa shape index (κ2) is 7.71. The summed E-state index contributed by atoms with van der Waals surface area (Å²) in [6, 6.07) is 13.8. The van der Waals surface area contributed by atoms with Crippen molar-refractivity contribution in [2.75, 3.05) is 0 Å². The third kappa shape index (κ3) is 4.51. The molecule has 0 saturated heterocycles. The van der Waals surface area contributed by atoms with Crippen LogP contribution in [0.25, 0.3) is 0 Å². The zero-order chi connectivity index (χ0) is 17.6. The number of carbonyl (C=O) groups is 2. The van der Waals surface area contributed by atoms with Crippen LogP contribution in [0.5, 0.6) is 5.75 Å². The van der Waals surface area contributed by atoms with Gasteiger partial charge >= 0.3 is 5.91 Å². The molecule has 7 nitrogen and oxygen atoms in total. The highest BCUT2D eigenvalue weighted by atomic mass is 79.9. The number of H-pyrrole nitrogens is 1. The molecular formula is C17H14BrN3O4. The molecule has 2 heterocycles. The SMILES string of the molecule is O=C(NNC(=O)c1ccc(COc2cccc(Br)c2)o1)c1ccc[nH]1. The van der Waals surface area contributed by atoms with Gasteiger partial charge < -0.3 is 14.1 Å². The van der Waals surface area contributed by atoms with E-state index in [0.29, 0.717) is 17.2 Å². The average molecular weight is 404 g/mol. The number of aromatic nitrogens is 1. The molecule has 3 N–H and O–H groups in total. The van der Waals surface area contributed by atoms with Crippen LogP contribution in [0.15, 0.2) is 63.6 Å². The lowest BCUT2D eigenvalue weighted by Crippen LogP contribution is -2.41. The van der Waals surface area contributed by atoms with E-state index in [-0.39, 0.29) is 12.4 Å². The summed E-state index contributed by atoms with van der Waals surface area (Å²) in [6.45, 7) is 0.179. The monoisotopic (exact) mass is 403 g/mol. The highest BCUT2D eigenvalue weighted by molar-refractivity contribution is 9.10. The number of aromatic amines is 1. The van der Waals surface area contributed by atoms with Crippen LogP contribution in [0.4, 0.5) is 0 Å². The van der Waals surface area contributed by atoms with Gasteiger partial charge in [0.1, 0.15) is 23.8 Å². The van der Waals surface area contributed by atoms with Crippen molar-refractivity contribution in [1.82, 2.24) is 15.8 Å². The van der Waals surface area contributed by atoms with Crippen molar-refractivity contribution in [1.29, 1.82) is 0 Å². The fourth-order valence-electron chi connectivity index (χ4n) is 2.00. The molecule has 0 bridgehead atoms. The van der Waals surface area contributed by atoms with Gasteiger partial charge in [0.15, 0.2) is 5.76 Å². The lowest BCUT2D eigenvalue weighted by molar-refractivity contribution is 0.0826. The topological polar surface area (TPSA) is 96.4 Å². The van der Waals surface area contributed by atoms with Gasteiger partial charge in [-0.25, -0.2) is 0 Å². The van der Waals surface area contributed by atoms with Crippen molar-refractivity contribution in [3.05, 3.63) is 76.4 Å². The van der Waals surface area contributed by atoms with Crippen LogP contribution in [0.2, 0.25) is 0 Å². The van der Waals surface area contributed by atoms with Crippen molar-refractivity contribution in [3.8, 4) is 5.75 Å². The zero-order valence-corrected chi connectivity index (χ0v) is 14.5. The van der Waals surface area contributed by atoms with Crippen LogP contribution in [0, 0.1) is 0 Å². The molecule has 0 aliphatic heterocycles. The van der Waals surface area contributed by atoms with Gasteiger partial charge in [-0.3, -0.25) is 20.4 Å². The van der Waals surface area contributed by atoms with E-state index in [1.807, 2.05) is 24.3 Å². The number of furan rings is 1. The van der Waals surface area contributed by atoms with Crippen molar-refractivity contribution in [2.45, 2.75) is 6.61 Å². The summed E-state index contributed by atoms with van der Waals surface area (Å²) in [6.07, 6.45) is 1.61. The maximum absolute atomic E-state index is 12.0. The Hall–Kier alpha value is -3.00. The van der Waals surface area contributed by atoms with Crippen LogP contribution >= 0.6 is 15.9 Å². The van der Waals surface area contributed by atoms with Crippen molar-refractivity contribution in [2.24, 2.45) is 0 Å². The van der Waals surface area contributed by atoms with E-state index in [1.54, 1.807) is 24.4 Å². The maximum atomic E-state index is 12.0. The molecule has 1 aromatic carbocycles. The Morgan fingerprint density at radius 2 is 1.92 bits per heavy atom. The second-order valence-corrected chi connectivity index (χ2v) is 5.92. The fraction of sp³-hybridized carbons (Fsp3) is 0.0588. The first-order valence-corrected chi connectivity index (χ1v) is 8.12. The Balaban J connectivity index is 1.52. The average Bonchev–Trinajstić information content (AvgIpc) is 3.29. The van der Waals surface area contributed by atoms with E-state index in [9.17, 15) is 9.59 Å². The third-order valence-electron chi connectivity index (χ3n) is 3.19. The summed E-state index contributed by atoms with van der Waals surface area (Å²) in [4.78, 5) is 26.4. The van der Waals surface area contributed by atoms with Crippen LogP contribution in [-0.2, 0) is 6.61 Å². The summed E-state index contributed by atoms with van der Waals surface area (Å²) in [5.41, 5.74) is 4.91. The maximum Gasteiger partial charge on any atom is 0.305 e. The number of ether oxygens (including phenoxy) is 1. The molecule has 3 rings (SSSR count). The van der Waals surface area contributed by atoms with Crippen LogP contribution in [0.1, 0.15) is 26.8 Å². The summed E-state index contributed by atoms with van der Waals surface area (Å²) in [5.74, 6) is 0.215. The number of hydrogen-bond donors (Lipinski definition) is 3. The lowest BCUT2D eigenvalue weighted by atomic mass is 10.3. The van der Waals surface area contributed by atoms with E-state index in [4.69, 9.17) is 9.15 Å². The number of nitrogens with one attached hydrogen (secondary N) is 3. The van der Waals surface area contributed by atoms with Gasteiger partial charge in [0, 0.05) is 10.7 Å². The molecule has 128 valence electrons. The number of rotatable bonds is 5. The minimum atomic E-state index is -0.561. The highest BCUT2D eigenvalue weighted by Crippen LogP contribution is 2.19. The molecule has 0 aliphatic rings. The fourth-order valence-corrected chi connectivity index (χ4v) is 2.38. The van der Waals surface area contributed by atoms with Crippen molar-refractivity contribution < 1.29 is 18.7 Å². The number of carbonyl (C=O) groups excluding carboxylic acids is 2. The molecule has 8 heteroatoms. The van der Waals surface area contributed by atoms with Gasteiger partial charge in [-0.15, -0.1) is 0 Å². The Morgan fingerprint density at radius 3 is 2.68 bits per heavy atom. The predicted octanol–water partition coefficient (Wildman–Crippen LogP) is 3.02. The standard InChI is InChI=1S/C17H14BrN3O4/c18-11-3-1-4-12(9-11)24-10-13-6-7-15(25-13)17(23)21-20-16(22)14-5-2-8-19-14/h1-9,19H,10H2,(H,20,22)(H,21,23).